The number of para-hydroxylation sites is 2. The summed E-state index contributed by atoms with van der Waals surface area (Å²) in [6.45, 7) is 0.128. The monoisotopic (exact) mass is 488 g/mol. The Balaban J connectivity index is 1.45. The number of rotatable bonds is 7. The standard InChI is InChI=1S/C23H21ClN2O4S2/c1-31-22-9-5-3-7-19(22)25-23(27)15-30-21-11-10-17(14-18(21)24)32(28,29)26-13-12-16-6-2-4-8-20(16)26/h2-11,14H,12-13,15H2,1H3,(H,25,27). The summed E-state index contributed by atoms with van der Waals surface area (Å²) in [4.78, 5) is 13.3. The van der Waals surface area contributed by atoms with E-state index in [2.05, 4.69) is 5.32 Å². The number of thioether (sulfide) groups is 1. The fourth-order valence-electron chi connectivity index (χ4n) is 3.52. The minimum atomic E-state index is -3.76. The molecule has 4 rings (SSSR count). The molecule has 0 spiro atoms. The van der Waals surface area contributed by atoms with Crippen molar-refractivity contribution >= 4 is 50.7 Å². The number of ether oxygens (including phenoxy) is 1. The summed E-state index contributed by atoms with van der Waals surface area (Å²) in [5.74, 6) is -0.103. The first-order valence-corrected chi connectivity index (χ1v) is 12.9. The Kier molecular flexibility index (Phi) is 6.64. The van der Waals surface area contributed by atoms with Crippen LogP contribution in [-0.4, -0.2) is 33.7 Å². The molecule has 6 nitrogen and oxygen atoms in total. The number of anilines is 2. The fourth-order valence-corrected chi connectivity index (χ4v) is 5.90. The second-order valence-corrected chi connectivity index (χ2v) is 10.2. The summed E-state index contributed by atoms with van der Waals surface area (Å²) in [6.07, 6.45) is 2.59. The third-order valence-electron chi connectivity index (χ3n) is 5.08. The Morgan fingerprint density at radius 2 is 1.88 bits per heavy atom. The van der Waals surface area contributed by atoms with E-state index in [4.69, 9.17) is 16.3 Å². The predicted octanol–water partition coefficient (Wildman–Crippen LogP) is 4.83. The lowest BCUT2D eigenvalue weighted by Gasteiger charge is -2.20. The molecule has 0 bridgehead atoms. The lowest BCUT2D eigenvalue weighted by atomic mass is 10.2. The van der Waals surface area contributed by atoms with Crippen molar-refractivity contribution in [3.8, 4) is 5.75 Å². The molecule has 1 heterocycles. The maximum Gasteiger partial charge on any atom is 0.264 e. The van der Waals surface area contributed by atoms with Gasteiger partial charge in [-0.1, -0.05) is 41.9 Å². The van der Waals surface area contributed by atoms with E-state index in [9.17, 15) is 13.2 Å². The van der Waals surface area contributed by atoms with Gasteiger partial charge in [0.2, 0.25) is 0 Å². The van der Waals surface area contributed by atoms with Gasteiger partial charge in [0.05, 0.1) is 21.3 Å². The number of sulfonamides is 1. The van der Waals surface area contributed by atoms with E-state index in [1.165, 1.54) is 34.3 Å². The third kappa shape index (κ3) is 4.57. The largest absolute Gasteiger partial charge is 0.482 e. The Morgan fingerprint density at radius 1 is 1.12 bits per heavy atom. The molecule has 1 N–H and O–H groups in total. The molecule has 0 radical (unpaired) electrons. The zero-order valence-electron chi connectivity index (χ0n) is 17.2. The number of halogens is 1. The van der Waals surface area contributed by atoms with Crippen LogP contribution in [0, 0.1) is 0 Å². The van der Waals surface area contributed by atoms with Gasteiger partial charge in [0.15, 0.2) is 6.61 Å². The van der Waals surface area contributed by atoms with Gasteiger partial charge in [0.25, 0.3) is 15.9 Å². The fraction of sp³-hybridized carbons (Fsp3) is 0.174. The quantitative estimate of drug-likeness (QED) is 0.482. The summed E-state index contributed by atoms with van der Waals surface area (Å²) in [7, 11) is -3.76. The maximum absolute atomic E-state index is 13.2. The van der Waals surface area contributed by atoms with Gasteiger partial charge in [-0.3, -0.25) is 9.10 Å². The summed E-state index contributed by atoms with van der Waals surface area (Å²) in [5, 5.41) is 2.92. The van der Waals surface area contributed by atoms with Gasteiger partial charge in [-0.2, -0.15) is 0 Å². The Labute approximate surface area is 196 Å². The molecule has 0 aromatic heterocycles. The number of fused-ring (bicyclic) bond motifs is 1. The highest BCUT2D eigenvalue weighted by Crippen LogP contribution is 2.35. The van der Waals surface area contributed by atoms with Crippen molar-refractivity contribution in [2.45, 2.75) is 16.2 Å². The van der Waals surface area contributed by atoms with E-state index >= 15 is 0 Å². The number of hydrogen-bond acceptors (Lipinski definition) is 5. The van der Waals surface area contributed by atoms with Crippen molar-refractivity contribution in [1.82, 2.24) is 0 Å². The molecule has 0 saturated heterocycles. The molecule has 3 aromatic rings. The average Bonchev–Trinajstić information content (AvgIpc) is 3.23. The highest BCUT2D eigenvalue weighted by Gasteiger charge is 2.31. The number of nitrogens with zero attached hydrogens (tertiary/aromatic N) is 1. The minimum absolute atomic E-state index is 0.0740. The number of nitrogens with one attached hydrogen (secondary N) is 1. The third-order valence-corrected chi connectivity index (χ3v) is 7.98. The van der Waals surface area contributed by atoms with E-state index < -0.39 is 10.0 Å². The van der Waals surface area contributed by atoms with Crippen molar-refractivity contribution in [2.75, 3.05) is 29.0 Å². The highest BCUT2D eigenvalue weighted by atomic mass is 35.5. The van der Waals surface area contributed by atoms with Crippen LogP contribution in [0.5, 0.6) is 5.75 Å². The zero-order chi connectivity index (χ0) is 22.7. The van der Waals surface area contributed by atoms with Crippen LogP contribution in [0.4, 0.5) is 11.4 Å². The molecule has 0 fully saturated rings. The van der Waals surface area contributed by atoms with Gasteiger partial charge >= 0.3 is 0 Å². The molecule has 1 aliphatic heterocycles. The Morgan fingerprint density at radius 3 is 2.66 bits per heavy atom. The Bertz CT molecular complexity index is 1260. The summed E-state index contributed by atoms with van der Waals surface area (Å²) in [5.41, 5.74) is 2.38. The second kappa shape index (κ2) is 9.44. The molecule has 3 aromatic carbocycles. The minimum Gasteiger partial charge on any atom is -0.482 e. The van der Waals surface area contributed by atoms with Crippen molar-refractivity contribution < 1.29 is 17.9 Å². The molecule has 0 atom stereocenters. The SMILES string of the molecule is CSc1ccccc1NC(=O)COc1ccc(S(=O)(=O)N2CCc3ccccc32)cc1Cl. The predicted molar refractivity (Wildman–Crippen MR) is 128 cm³/mol. The van der Waals surface area contributed by atoms with Crippen molar-refractivity contribution in [2.24, 2.45) is 0 Å². The lowest BCUT2D eigenvalue weighted by molar-refractivity contribution is -0.118. The lowest BCUT2D eigenvalue weighted by Crippen LogP contribution is -2.29. The van der Waals surface area contributed by atoms with Gasteiger partial charge < -0.3 is 10.1 Å². The van der Waals surface area contributed by atoms with E-state index in [0.717, 1.165) is 10.5 Å². The van der Waals surface area contributed by atoms with Crippen LogP contribution < -0.4 is 14.4 Å². The van der Waals surface area contributed by atoms with Crippen LogP contribution in [-0.2, 0) is 21.2 Å². The normalized spacial score (nSPS) is 13.0. The van der Waals surface area contributed by atoms with E-state index in [1.54, 1.807) is 6.07 Å². The number of amides is 1. The Hall–Kier alpha value is -2.68. The molecular weight excluding hydrogens is 468 g/mol. The van der Waals surface area contributed by atoms with E-state index in [0.29, 0.717) is 24.3 Å². The number of hydrogen-bond donors (Lipinski definition) is 1. The van der Waals surface area contributed by atoms with Crippen LogP contribution >= 0.6 is 23.4 Å². The van der Waals surface area contributed by atoms with Gasteiger partial charge in [-0.15, -0.1) is 11.8 Å². The van der Waals surface area contributed by atoms with Gasteiger partial charge in [0, 0.05) is 11.4 Å². The summed E-state index contributed by atoms with van der Waals surface area (Å²) < 4.78 is 33.2. The first kappa shape index (κ1) is 22.5. The van der Waals surface area contributed by atoms with Crippen molar-refractivity contribution in [3.63, 3.8) is 0 Å². The van der Waals surface area contributed by atoms with Crippen LogP contribution in [0.25, 0.3) is 0 Å². The van der Waals surface area contributed by atoms with Crippen LogP contribution in [0.15, 0.2) is 76.5 Å². The van der Waals surface area contributed by atoms with Crippen LogP contribution in [0.1, 0.15) is 5.56 Å². The topological polar surface area (TPSA) is 75.7 Å². The van der Waals surface area contributed by atoms with Crippen LogP contribution in [0.3, 0.4) is 0 Å². The van der Waals surface area contributed by atoms with Crippen LogP contribution in [0.2, 0.25) is 5.02 Å². The van der Waals surface area contributed by atoms with Gasteiger partial charge in [0.1, 0.15) is 5.75 Å². The molecule has 166 valence electrons. The second-order valence-electron chi connectivity index (χ2n) is 7.09. The van der Waals surface area contributed by atoms with Crippen molar-refractivity contribution in [1.29, 1.82) is 0 Å². The number of carbonyl (C=O) groups is 1. The zero-order valence-corrected chi connectivity index (χ0v) is 19.6. The smallest absolute Gasteiger partial charge is 0.264 e. The average molecular weight is 489 g/mol. The van der Waals surface area contributed by atoms with E-state index in [-0.39, 0.29) is 28.2 Å². The first-order valence-electron chi connectivity index (χ1n) is 9.86. The molecular formula is C23H21ClN2O4S2. The molecule has 0 saturated carbocycles. The molecule has 32 heavy (non-hydrogen) atoms. The molecule has 0 aliphatic carbocycles. The van der Waals surface area contributed by atoms with Gasteiger partial charge in [-0.25, -0.2) is 8.42 Å². The number of carbonyl (C=O) groups excluding carboxylic acids is 1. The molecule has 0 unspecified atom stereocenters. The van der Waals surface area contributed by atoms with E-state index in [1.807, 2.05) is 48.7 Å². The summed E-state index contributed by atoms with van der Waals surface area (Å²) in [6, 6.07) is 19.2. The highest BCUT2D eigenvalue weighted by molar-refractivity contribution is 7.98. The summed E-state index contributed by atoms with van der Waals surface area (Å²) >= 11 is 7.82. The first-order chi connectivity index (χ1) is 15.4. The number of benzene rings is 3. The molecule has 9 heteroatoms. The maximum atomic E-state index is 13.2. The molecule has 1 aliphatic rings. The van der Waals surface area contributed by atoms with Gasteiger partial charge in [-0.05, 0) is 54.6 Å². The van der Waals surface area contributed by atoms with Crippen molar-refractivity contribution in [3.05, 3.63) is 77.3 Å². The molecule has 1 amide bonds.